The van der Waals surface area contributed by atoms with Gasteiger partial charge in [-0.25, -0.2) is 4.98 Å². The minimum atomic E-state index is -0.302. The van der Waals surface area contributed by atoms with Gasteiger partial charge < -0.3 is 9.72 Å². The van der Waals surface area contributed by atoms with Crippen molar-refractivity contribution in [3.8, 4) is 11.3 Å². The van der Waals surface area contributed by atoms with Crippen LogP contribution in [0.1, 0.15) is 15.9 Å². The Bertz CT molecular complexity index is 1170. The molecule has 1 N–H and O–H groups in total. The Balaban J connectivity index is 1.72. The van der Waals surface area contributed by atoms with E-state index in [1.54, 1.807) is 18.2 Å². The fourth-order valence-electron chi connectivity index (χ4n) is 2.96. The first-order valence-electron chi connectivity index (χ1n) is 8.33. The van der Waals surface area contributed by atoms with Crippen LogP contribution in [0.3, 0.4) is 0 Å². The molecule has 0 fully saturated rings. The second-order valence-corrected chi connectivity index (χ2v) is 7.02. The van der Waals surface area contributed by atoms with Gasteiger partial charge in [-0.1, -0.05) is 47.5 Å². The molecule has 0 spiro atoms. The number of anilines is 1. The summed E-state index contributed by atoms with van der Waals surface area (Å²) >= 11 is 12.1. The number of para-hydroxylation sites is 1. The van der Waals surface area contributed by atoms with Gasteiger partial charge in [0, 0.05) is 23.0 Å². The molecule has 6 heteroatoms. The molecule has 0 unspecified atom stereocenters. The fourth-order valence-corrected chi connectivity index (χ4v) is 3.46. The molecule has 0 bridgehead atoms. The van der Waals surface area contributed by atoms with Gasteiger partial charge in [0.1, 0.15) is 5.65 Å². The van der Waals surface area contributed by atoms with E-state index >= 15 is 0 Å². The standard InChI is InChI=1S/C21H15Cl2N3O/c1-13-5-4-10-26-12-19(24-20(13)26)16-6-2-3-7-18(16)25-21(27)15-9-8-14(22)11-17(15)23/h2-12H,1H3,(H,25,27). The average Bonchev–Trinajstić information content (AvgIpc) is 3.07. The lowest BCUT2D eigenvalue weighted by Crippen LogP contribution is -2.13. The number of rotatable bonds is 3. The zero-order valence-electron chi connectivity index (χ0n) is 14.4. The zero-order chi connectivity index (χ0) is 19.0. The summed E-state index contributed by atoms with van der Waals surface area (Å²) in [6, 6.07) is 16.3. The van der Waals surface area contributed by atoms with Gasteiger partial charge in [-0.3, -0.25) is 4.79 Å². The third-order valence-electron chi connectivity index (χ3n) is 4.30. The van der Waals surface area contributed by atoms with Gasteiger partial charge in [0.15, 0.2) is 0 Å². The molecule has 0 aliphatic rings. The first-order valence-corrected chi connectivity index (χ1v) is 9.08. The number of amides is 1. The summed E-state index contributed by atoms with van der Waals surface area (Å²) in [6.45, 7) is 2.02. The normalized spacial score (nSPS) is 10.9. The van der Waals surface area contributed by atoms with Crippen molar-refractivity contribution in [1.82, 2.24) is 9.38 Å². The molecule has 4 nitrogen and oxygen atoms in total. The topological polar surface area (TPSA) is 46.4 Å². The van der Waals surface area contributed by atoms with Crippen LogP contribution in [-0.2, 0) is 0 Å². The minimum Gasteiger partial charge on any atom is -0.321 e. The van der Waals surface area contributed by atoms with Crippen molar-refractivity contribution < 1.29 is 4.79 Å². The van der Waals surface area contributed by atoms with E-state index in [1.165, 1.54) is 0 Å². The van der Waals surface area contributed by atoms with Crippen molar-refractivity contribution in [2.75, 3.05) is 5.32 Å². The quantitative estimate of drug-likeness (QED) is 0.471. The summed E-state index contributed by atoms with van der Waals surface area (Å²) in [5, 5.41) is 3.72. The first-order chi connectivity index (χ1) is 13.0. The number of carbonyl (C=O) groups is 1. The van der Waals surface area contributed by atoms with Crippen LogP contribution in [0.2, 0.25) is 10.0 Å². The predicted octanol–water partition coefficient (Wildman–Crippen LogP) is 5.87. The van der Waals surface area contributed by atoms with Crippen LogP contribution in [0.15, 0.2) is 67.0 Å². The number of imidazole rings is 1. The van der Waals surface area contributed by atoms with Gasteiger partial charge in [-0.2, -0.15) is 0 Å². The highest BCUT2D eigenvalue weighted by atomic mass is 35.5. The molecule has 1 amide bonds. The van der Waals surface area contributed by atoms with Crippen LogP contribution in [0.5, 0.6) is 0 Å². The van der Waals surface area contributed by atoms with Crippen molar-refractivity contribution in [1.29, 1.82) is 0 Å². The highest BCUT2D eigenvalue weighted by Gasteiger charge is 2.15. The maximum Gasteiger partial charge on any atom is 0.257 e. The summed E-state index contributed by atoms with van der Waals surface area (Å²) in [7, 11) is 0. The number of halogens is 2. The van der Waals surface area contributed by atoms with Gasteiger partial charge in [0.05, 0.1) is 22.0 Å². The molecule has 0 aliphatic carbocycles. The van der Waals surface area contributed by atoms with E-state index in [0.717, 1.165) is 22.5 Å². The molecule has 2 heterocycles. The van der Waals surface area contributed by atoms with Gasteiger partial charge in [0.2, 0.25) is 0 Å². The number of fused-ring (bicyclic) bond motifs is 1. The number of benzene rings is 2. The van der Waals surface area contributed by atoms with Crippen molar-refractivity contribution >= 4 is 40.4 Å². The van der Waals surface area contributed by atoms with Crippen LogP contribution in [-0.4, -0.2) is 15.3 Å². The highest BCUT2D eigenvalue weighted by Crippen LogP contribution is 2.29. The Morgan fingerprint density at radius 3 is 2.67 bits per heavy atom. The molecule has 0 saturated heterocycles. The second kappa shape index (κ2) is 7.06. The molecular formula is C21H15Cl2N3O. The van der Waals surface area contributed by atoms with E-state index in [4.69, 9.17) is 28.2 Å². The SMILES string of the molecule is Cc1cccn2cc(-c3ccccc3NC(=O)c3ccc(Cl)cc3Cl)nc12. The molecule has 0 radical (unpaired) electrons. The lowest BCUT2D eigenvalue weighted by molar-refractivity contribution is 0.102. The van der Waals surface area contributed by atoms with E-state index in [2.05, 4.69) is 5.32 Å². The van der Waals surface area contributed by atoms with Gasteiger partial charge >= 0.3 is 0 Å². The molecule has 4 aromatic rings. The first kappa shape index (κ1) is 17.6. The lowest BCUT2D eigenvalue weighted by atomic mass is 10.1. The van der Waals surface area contributed by atoms with Crippen molar-refractivity contribution in [2.24, 2.45) is 0 Å². The summed E-state index contributed by atoms with van der Waals surface area (Å²) in [5.74, 6) is -0.302. The predicted molar refractivity (Wildman–Crippen MR) is 110 cm³/mol. The molecule has 134 valence electrons. The number of pyridine rings is 1. The van der Waals surface area contributed by atoms with Gasteiger partial charge in [-0.15, -0.1) is 0 Å². The van der Waals surface area contributed by atoms with Crippen LogP contribution >= 0.6 is 23.2 Å². The van der Waals surface area contributed by atoms with Crippen LogP contribution in [0, 0.1) is 6.92 Å². The van der Waals surface area contributed by atoms with E-state index in [9.17, 15) is 4.79 Å². The van der Waals surface area contributed by atoms with Gasteiger partial charge in [0.25, 0.3) is 5.91 Å². The second-order valence-electron chi connectivity index (χ2n) is 6.17. The number of hydrogen-bond donors (Lipinski definition) is 1. The van der Waals surface area contributed by atoms with E-state index in [-0.39, 0.29) is 5.91 Å². The Labute approximate surface area is 166 Å². The van der Waals surface area contributed by atoms with Crippen molar-refractivity contribution in [3.05, 3.63) is 88.2 Å². The largest absolute Gasteiger partial charge is 0.321 e. The Morgan fingerprint density at radius 2 is 1.89 bits per heavy atom. The average molecular weight is 396 g/mol. The summed E-state index contributed by atoms with van der Waals surface area (Å²) in [5.41, 5.74) is 4.60. The molecular weight excluding hydrogens is 381 g/mol. The van der Waals surface area contributed by atoms with E-state index in [1.807, 2.05) is 60.1 Å². The van der Waals surface area contributed by atoms with Gasteiger partial charge in [-0.05, 0) is 42.8 Å². The molecule has 0 aliphatic heterocycles. The number of nitrogens with zero attached hydrogens (tertiary/aromatic N) is 2. The third-order valence-corrected chi connectivity index (χ3v) is 4.85. The number of aryl methyl sites for hydroxylation is 1. The van der Waals surface area contributed by atoms with E-state index < -0.39 is 0 Å². The minimum absolute atomic E-state index is 0.302. The summed E-state index contributed by atoms with van der Waals surface area (Å²) in [4.78, 5) is 17.4. The Morgan fingerprint density at radius 1 is 1.07 bits per heavy atom. The summed E-state index contributed by atoms with van der Waals surface area (Å²) in [6.07, 6.45) is 3.90. The van der Waals surface area contributed by atoms with Crippen molar-refractivity contribution in [2.45, 2.75) is 6.92 Å². The maximum atomic E-state index is 12.7. The molecule has 0 atom stereocenters. The number of nitrogens with one attached hydrogen (secondary N) is 1. The number of carbonyl (C=O) groups excluding carboxylic acids is 1. The van der Waals surface area contributed by atoms with Crippen LogP contribution < -0.4 is 5.32 Å². The fraction of sp³-hybridized carbons (Fsp3) is 0.0476. The van der Waals surface area contributed by atoms with Crippen LogP contribution in [0.25, 0.3) is 16.9 Å². The Hall–Kier alpha value is -2.82. The Kier molecular flexibility index (Phi) is 4.60. The smallest absolute Gasteiger partial charge is 0.257 e. The van der Waals surface area contributed by atoms with Crippen molar-refractivity contribution in [3.63, 3.8) is 0 Å². The zero-order valence-corrected chi connectivity index (χ0v) is 15.9. The number of hydrogen-bond acceptors (Lipinski definition) is 2. The monoisotopic (exact) mass is 395 g/mol. The highest BCUT2D eigenvalue weighted by molar-refractivity contribution is 6.37. The lowest BCUT2D eigenvalue weighted by Gasteiger charge is -2.10. The number of aromatic nitrogens is 2. The van der Waals surface area contributed by atoms with Crippen LogP contribution in [0.4, 0.5) is 5.69 Å². The summed E-state index contributed by atoms with van der Waals surface area (Å²) < 4.78 is 1.97. The molecule has 4 rings (SSSR count). The maximum absolute atomic E-state index is 12.7. The molecule has 0 saturated carbocycles. The molecule has 2 aromatic carbocycles. The molecule has 27 heavy (non-hydrogen) atoms. The molecule has 2 aromatic heterocycles. The van der Waals surface area contributed by atoms with E-state index in [0.29, 0.717) is 21.3 Å². The third kappa shape index (κ3) is 3.42.